The van der Waals surface area contributed by atoms with Crippen molar-refractivity contribution in [3.8, 4) is 11.8 Å². The van der Waals surface area contributed by atoms with E-state index < -0.39 is 5.54 Å². The molecule has 4 rings (SSSR count). The average molecular weight is 428 g/mol. The van der Waals surface area contributed by atoms with E-state index in [9.17, 15) is 5.26 Å². The lowest BCUT2D eigenvalue weighted by molar-refractivity contribution is 0.338. The molecule has 1 aliphatic rings. The van der Waals surface area contributed by atoms with Gasteiger partial charge in [0.2, 0.25) is 5.95 Å². The first-order valence-electron chi connectivity index (χ1n) is 8.54. The Morgan fingerprint density at radius 2 is 2.11 bits per heavy atom. The predicted molar refractivity (Wildman–Crippen MR) is 104 cm³/mol. The molecule has 1 fully saturated rings. The summed E-state index contributed by atoms with van der Waals surface area (Å²) in [6, 6.07) is 10.0. The van der Waals surface area contributed by atoms with Gasteiger partial charge in [0, 0.05) is 18.6 Å². The number of hydrogen-bond acceptors (Lipinski definition) is 7. The highest BCUT2D eigenvalue weighted by Crippen LogP contribution is 2.34. The van der Waals surface area contributed by atoms with Gasteiger partial charge in [-0.3, -0.25) is 5.10 Å². The fourth-order valence-electron chi connectivity index (χ4n) is 3.43. The number of ether oxygens (including phenoxy) is 1. The SMILES string of the molecule is COc1cccc(C2(N)CCN(c3nc(C#N)c4c(Br)[nH]nc4n3)CC2)c1. The van der Waals surface area contributed by atoms with Crippen molar-refractivity contribution in [3.05, 3.63) is 40.1 Å². The summed E-state index contributed by atoms with van der Waals surface area (Å²) in [5, 5.41) is 17.0. The molecule has 1 aromatic carbocycles. The summed E-state index contributed by atoms with van der Waals surface area (Å²) in [6.07, 6.45) is 1.49. The van der Waals surface area contributed by atoms with Gasteiger partial charge in [0.1, 0.15) is 16.4 Å². The Morgan fingerprint density at radius 1 is 1.33 bits per heavy atom. The van der Waals surface area contributed by atoms with E-state index in [0.29, 0.717) is 40.4 Å². The van der Waals surface area contributed by atoms with Gasteiger partial charge in [-0.2, -0.15) is 15.3 Å². The van der Waals surface area contributed by atoms with Gasteiger partial charge in [-0.15, -0.1) is 0 Å². The zero-order valence-electron chi connectivity index (χ0n) is 14.7. The highest BCUT2D eigenvalue weighted by molar-refractivity contribution is 9.10. The number of H-pyrrole nitrogens is 1. The topological polar surface area (TPSA) is 117 Å². The van der Waals surface area contributed by atoms with Crippen LogP contribution in [0.3, 0.4) is 0 Å². The number of benzene rings is 1. The molecule has 0 unspecified atom stereocenters. The number of hydrogen-bond donors (Lipinski definition) is 2. The zero-order valence-corrected chi connectivity index (χ0v) is 16.3. The molecule has 8 nitrogen and oxygen atoms in total. The van der Waals surface area contributed by atoms with Crippen LogP contribution in [0.5, 0.6) is 5.75 Å². The van der Waals surface area contributed by atoms with E-state index in [4.69, 9.17) is 10.5 Å². The first-order chi connectivity index (χ1) is 13.0. The fraction of sp³-hybridized carbons (Fsp3) is 0.333. The first-order valence-corrected chi connectivity index (χ1v) is 9.33. The fourth-order valence-corrected chi connectivity index (χ4v) is 3.88. The molecule has 27 heavy (non-hydrogen) atoms. The Labute approximate surface area is 164 Å². The number of aromatic nitrogens is 4. The minimum Gasteiger partial charge on any atom is -0.497 e. The lowest BCUT2D eigenvalue weighted by atomic mass is 9.82. The van der Waals surface area contributed by atoms with Gasteiger partial charge in [-0.1, -0.05) is 12.1 Å². The number of nitrogens with one attached hydrogen (secondary N) is 1. The van der Waals surface area contributed by atoms with E-state index in [-0.39, 0.29) is 0 Å². The molecule has 2 aromatic heterocycles. The second kappa shape index (κ2) is 6.79. The molecule has 3 heterocycles. The molecular formula is C18H18BrN7O. The minimum absolute atomic E-state index is 0.299. The third kappa shape index (κ3) is 3.11. The Morgan fingerprint density at radius 3 is 2.81 bits per heavy atom. The molecule has 3 N–H and O–H groups in total. The van der Waals surface area contributed by atoms with Crippen molar-refractivity contribution in [3.63, 3.8) is 0 Å². The number of halogens is 1. The molecule has 3 aromatic rings. The van der Waals surface area contributed by atoms with Crippen molar-refractivity contribution < 1.29 is 4.74 Å². The van der Waals surface area contributed by atoms with Crippen LogP contribution in [0.25, 0.3) is 11.0 Å². The maximum Gasteiger partial charge on any atom is 0.228 e. The maximum atomic E-state index is 9.43. The van der Waals surface area contributed by atoms with Crippen molar-refractivity contribution >= 4 is 32.9 Å². The van der Waals surface area contributed by atoms with Gasteiger partial charge < -0.3 is 15.4 Å². The standard InChI is InChI=1S/C18H18BrN7O/c1-27-12-4-2-3-11(9-12)18(21)5-7-26(8-6-18)17-22-13(10-20)14-15(19)24-25-16(14)23-17/h2-4,9H,5-8,21H2,1H3,(H,22,23,24,25). The van der Waals surface area contributed by atoms with Crippen molar-refractivity contribution in [1.29, 1.82) is 5.26 Å². The molecular weight excluding hydrogens is 410 g/mol. The summed E-state index contributed by atoms with van der Waals surface area (Å²) < 4.78 is 5.93. The van der Waals surface area contributed by atoms with Gasteiger partial charge in [-0.25, -0.2) is 4.98 Å². The summed E-state index contributed by atoms with van der Waals surface area (Å²) in [4.78, 5) is 11.0. The molecule has 9 heteroatoms. The average Bonchev–Trinajstić information content (AvgIpc) is 3.09. The van der Waals surface area contributed by atoms with E-state index in [2.05, 4.69) is 42.2 Å². The number of nitrogens with zero attached hydrogens (tertiary/aromatic N) is 5. The lowest BCUT2D eigenvalue weighted by Crippen LogP contribution is -2.48. The Bertz CT molecular complexity index is 1030. The van der Waals surface area contributed by atoms with Crippen molar-refractivity contribution in [2.75, 3.05) is 25.1 Å². The molecule has 0 amide bonds. The van der Waals surface area contributed by atoms with Crippen LogP contribution < -0.4 is 15.4 Å². The largest absolute Gasteiger partial charge is 0.497 e. The second-order valence-electron chi connectivity index (χ2n) is 6.60. The predicted octanol–water partition coefficient (Wildman–Crippen LogP) is 2.45. The van der Waals surface area contributed by atoms with Crippen LogP contribution in [-0.2, 0) is 5.54 Å². The van der Waals surface area contributed by atoms with Crippen LogP contribution in [0.15, 0.2) is 28.9 Å². The summed E-state index contributed by atoms with van der Waals surface area (Å²) in [5.74, 6) is 1.31. The molecule has 1 aliphatic heterocycles. The molecule has 0 atom stereocenters. The number of nitrogens with two attached hydrogens (primary N) is 1. The normalized spacial score (nSPS) is 16.3. The number of anilines is 1. The summed E-state index contributed by atoms with van der Waals surface area (Å²) >= 11 is 3.34. The van der Waals surface area contributed by atoms with Crippen LogP contribution in [0, 0.1) is 11.3 Å². The number of rotatable bonds is 3. The molecule has 0 radical (unpaired) electrons. The highest BCUT2D eigenvalue weighted by Gasteiger charge is 2.34. The van der Waals surface area contributed by atoms with Gasteiger partial charge in [-0.05, 0) is 46.5 Å². The smallest absolute Gasteiger partial charge is 0.228 e. The molecule has 0 bridgehead atoms. The van der Waals surface area contributed by atoms with Crippen molar-refractivity contribution in [2.24, 2.45) is 5.73 Å². The van der Waals surface area contributed by atoms with Crippen LogP contribution in [0.2, 0.25) is 0 Å². The number of piperidine rings is 1. The minimum atomic E-state index is -0.428. The van der Waals surface area contributed by atoms with E-state index in [0.717, 1.165) is 24.2 Å². The number of methoxy groups -OCH3 is 1. The Kier molecular flexibility index (Phi) is 4.45. The lowest BCUT2D eigenvalue weighted by Gasteiger charge is -2.39. The van der Waals surface area contributed by atoms with E-state index >= 15 is 0 Å². The van der Waals surface area contributed by atoms with Gasteiger partial charge >= 0.3 is 0 Å². The molecule has 1 saturated heterocycles. The first kappa shape index (κ1) is 17.7. The van der Waals surface area contributed by atoms with E-state index in [1.807, 2.05) is 29.2 Å². The third-order valence-corrected chi connectivity index (χ3v) is 5.62. The quantitative estimate of drug-likeness (QED) is 0.658. The summed E-state index contributed by atoms with van der Waals surface area (Å²) in [5.41, 5.74) is 8.10. The van der Waals surface area contributed by atoms with Crippen molar-refractivity contribution in [2.45, 2.75) is 18.4 Å². The molecule has 0 aliphatic carbocycles. The zero-order chi connectivity index (χ0) is 19.0. The maximum absolute atomic E-state index is 9.43. The summed E-state index contributed by atoms with van der Waals surface area (Å²) in [6.45, 7) is 1.38. The number of nitriles is 1. The van der Waals surface area contributed by atoms with Crippen LogP contribution in [0.1, 0.15) is 24.1 Å². The molecule has 0 saturated carbocycles. The van der Waals surface area contributed by atoms with Gasteiger partial charge in [0.25, 0.3) is 0 Å². The second-order valence-corrected chi connectivity index (χ2v) is 7.39. The van der Waals surface area contributed by atoms with Gasteiger partial charge in [0.15, 0.2) is 11.3 Å². The van der Waals surface area contributed by atoms with E-state index in [1.165, 1.54) is 0 Å². The highest BCUT2D eigenvalue weighted by atomic mass is 79.9. The van der Waals surface area contributed by atoms with Crippen LogP contribution >= 0.6 is 15.9 Å². The van der Waals surface area contributed by atoms with Crippen LogP contribution in [-0.4, -0.2) is 40.4 Å². The Balaban J connectivity index is 1.59. The Hall–Kier alpha value is -2.70. The molecule has 0 spiro atoms. The number of fused-ring (bicyclic) bond motifs is 1. The van der Waals surface area contributed by atoms with E-state index in [1.54, 1.807) is 7.11 Å². The third-order valence-electron chi connectivity index (χ3n) is 5.05. The summed E-state index contributed by atoms with van der Waals surface area (Å²) in [7, 11) is 1.65. The van der Waals surface area contributed by atoms with Crippen LogP contribution in [0.4, 0.5) is 5.95 Å². The molecule has 138 valence electrons. The van der Waals surface area contributed by atoms with Crippen molar-refractivity contribution in [1.82, 2.24) is 20.2 Å². The number of aromatic amines is 1. The monoisotopic (exact) mass is 427 g/mol. The van der Waals surface area contributed by atoms with Gasteiger partial charge in [0.05, 0.1) is 12.5 Å².